The zero-order valence-corrected chi connectivity index (χ0v) is 13.9. The maximum atomic E-state index is 12.9. The quantitative estimate of drug-likeness (QED) is 0.782. The number of nitrogens with one attached hydrogen (secondary N) is 2. The van der Waals surface area contributed by atoms with E-state index in [-0.39, 0.29) is 17.9 Å². The Hall–Kier alpha value is -2.44. The van der Waals surface area contributed by atoms with E-state index in [0.717, 1.165) is 18.5 Å². The van der Waals surface area contributed by atoms with Crippen LogP contribution in [0.25, 0.3) is 0 Å². The highest BCUT2D eigenvalue weighted by molar-refractivity contribution is 5.89. The Morgan fingerprint density at radius 1 is 1.20 bits per heavy atom. The van der Waals surface area contributed by atoms with E-state index in [1.807, 2.05) is 30.3 Å². The van der Waals surface area contributed by atoms with E-state index in [4.69, 9.17) is 0 Å². The van der Waals surface area contributed by atoms with Gasteiger partial charge in [0.1, 0.15) is 5.82 Å². The van der Waals surface area contributed by atoms with Gasteiger partial charge in [0.05, 0.1) is 6.10 Å². The summed E-state index contributed by atoms with van der Waals surface area (Å²) in [6.07, 6.45) is 0.297. The van der Waals surface area contributed by atoms with Gasteiger partial charge in [0.2, 0.25) is 0 Å². The van der Waals surface area contributed by atoms with Gasteiger partial charge in [-0.05, 0) is 36.2 Å². The number of carbonyl (C=O) groups is 1. The van der Waals surface area contributed by atoms with E-state index in [9.17, 15) is 14.3 Å². The highest BCUT2D eigenvalue weighted by atomic mass is 19.1. The van der Waals surface area contributed by atoms with Crippen LogP contribution in [0.5, 0.6) is 0 Å². The number of hydrogen-bond acceptors (Lipinski definition) is 3. The molecule has 0 aromatic heterocycles. The van der Waals surface area contributed by atoms with E-state index in [0.29, 0.717) is 18.8 Å². The van der Waals surface area contributed by atoms with Crippen molar-refractivity contribution in [2.45, 2.75) is 18.6 Å². The molecule has 3 rings (SSSR count). The molecular weight excluding hydrogens is 321 g/mol. The number of aliphatic hydroxyl groups is 1. The molecule has 132 valence electrons. The summed E-state index contributed by atoms with van der Waals surface area (Å²) in [6.45, 7) is 2.06. The number of likely N-dealkylation sites (tertiary alicyclic amines) is 1. The lowest BCUT2D eigenvalue weighted by Gasteiger charge is -2.20. The van der Waals surface area contributed by atoms with Crippen molar-refractivity contribution in [2.75, 3.05) is 25.0 Å². The average molecular weight is 343 g/mol. The van der Waals surface area contributed by atoms with Crippen LogP contribution >= 0.6 is 0 Å². The van der Waals surface area contributed by atoms with Gasteiger partial charge in [-0.1, -0.05) is 30.3 Å². The van der Waals surface area contributed by atoms with E-state index in [1.165, 1.54) is 24.3 Å². The van der Waals surface area contributed by atoms with Gasteiger partial charge in [0.15, 0.2) is 0 Å². The monoisotopic (exact) mass is 343 g/mol. The molecule has 2 unspecified atom stereocenters. The van der Waals surface area contributed by atoms with Crippen LogP contribution in [0.2, 0.25) is 0 Å². The van der Waals surface area contributed by atoms with Crippen molar-refractivity contribution in [3.05, 3.63) is 66.0 Å². The second-order valence-corrected chi connectivity index (χ2v) is 6.28. The Kier molecular flexibility index (Phi) is 5.63. The lowest BCUT2D eigenvalue weighted by atomic mass is 10.1. The van der Waals surface area contributed by atoms with Gasteiger partial charge in [-0.3, -0.25) is 4.90 Å². The molecule has 1 fully saturated rings. The topological polar surface area (TPSA) is 64.6 Å². The molecule has 1 heterocycles. The lowest BCUT2D eigenvalue weighted by molar-refractivity contribution is 0.125. The van der Waals surface area contributed by atoms with Crippen LogP contribution in [-0.2, 0) is 0 Å². The van der Waals surface area contributed by atoms with Gasteiger partial charge < -0.3 is 15.7 Å². The first-order valence-electron chi connectivity index (χ1n) is 8.38. The Balaban J connectivity index is 1.44. The first kappa shape index (κ1) is 17.4. The van der Waals surface area contributed by atoms with Gasteiger partial charge in [-0.15, -0.1) is 0 Å². The summed E-state index contributed by atoms with van der Waals surface area (Å²) in [5.41, 5.74) is 1.45. The second-order valence-electron chi connectivity index (χ2n) is 6.28. The number of anilines is 1. The van der Waals surface area contributed by atoms with Crippen molar-refractivity contribution in [1.82, 2.24) is 10.2 Å². The van der Waals surface area contributed by atoms with Crippen molar-refractivity contribution in [1.29, 1.82) is 0 Å². The number of β-amino-alcohol motifs (C(OH)–C–C–N with tert-alkyl or cyclic N) is 1. The van der Waals surface area contributed by atoms with Crippen molar-refractivity contribution < 1.29 is 14.3 Å². The van der Waals surface area contributed by atoms with Gasteiger partial charge >= 0.3 is 6.03 Å². The smallest absolute Gasteiger partial charge is 0.319 e. The fourth-order valence-electron chi connectivity index (χ4n) is 3.03. The van der Waals surface area contributed by atoms with E-state index in [2.05, 4.69) is 15.5 Å². The number of halogens is 1. The van der Waals surface area contributed by atoms with Crippen molar-refractivity contribution in [3.8, 4) is 0 Å². The van der Waals surface area contributed by atoms with Crippen LogP contribution < -0.4 is 10.6 Å². The third-order valence-corrected chi connectivity index (χ3v) is 4.33. The molecule has 0 bridgehead atoms. The van der Waals surface area contributed by atoms with Gasteiger partial charge in [-0.25, -0.2) is 9.18 Å². The largest absolute Gasteiger partial charge is 0.387 e. The van der Waals surface area contributed by atoms with E-state index in [1.54, 1.807) is 0 Å². The number of rotatable bonds is 5. The molecule has 0 saturated carbocycles. The summed E-state index contributed by atoms with van der Waals surface area (Å²) in [5.74, 6) is -0.339. The van der Waals surface area contributed by atoms with Crippen molar-refractivity contribution >= 4 is 11.7 Å². The van der Waals surface area contributed by atoms with Crippen LogP contribution in [0.1, 0.15) is 18.1 Å². The molecule has 0 spiro atoms. The average Bonchev–Trinajstić information content (AvgIpc) is 3.04. The zero-order valence-electron chi connectivity index (χ0n) is 13.9. The Morgan fingerprint density at radius 3 is 2.64 bits per heavy atom. The standard InChI is InChI=1S/C19H22FN3O2/c20-15-6-8-16(9-7-15)21-19(25)22-17-10-11-23(12-17)13-18(24)14-4-2-1-3-5-14/h1-9,17-18,24H,10-13H2,(H2,21,22,25). The highest BCUT2D eigenvalue weighted by Gasteiger charge is 2.25. The predicted octanol–water partition coefficient (Wildman–Crippen LogP) is 2.76. The van der Waals surface area contributed by atoms with Crippen LogP contribution in [0.4, 0.5) is 14.9 Å². The molecule has 2 aromatic rings. The van der Waals surface area contributed by atoms with Gasteiger partial charge in [0.25, 0.3) is 0 Å². The number of hydrogen-bond donors (Lipinski definition) is 3. The van der Waals surface area contributed by atoms with Crippen LogP contribution in [0, 0.1) is 5.82 Å². The Bertz CT molecular complexity index is 694. The number of urea groups is 1. The summed E-state index contributed by atoms with van der Waals surface area (Å²) < 4.78 is 12.9. The third-order valence-electron chi connectivity index (χ3n) is 4.33. The molecule has 6 heteroatoms. The summed E-state index contributed by atoms with van der Waals surface area (Å²) in [4.78, 5) is 14.2. The van der Waals surface area contributed by atoms with Crippen LogP contribution in [0.15, 0.2) is 54.6 Å². The summed E-state index contributed by atoms with van der Waals surface area (Å²) >= 11 is 0. The van der Waals surface area contributed by atoms with E-state index < -0.39 is 6.10 Å². The molecule has 2 aromatic carbocycles. The normalized spacial score (nSPS) is 18.7. The number of amides is 2. The highest BCUT2D eigenvalue weighted by Crippen LogP contribution is 2.17. The fraction of sp³-hybridized carbons (Fsp3) is 0.316. The summed E-state index contributed by atoms with van der Waals surface area (Å²) in [6, 6.07) is 14.9. The van der Waals surface area contributed by atoms with Gasteiger partial charge in [-0.2, -0.15) is 0 Å². The van der Waals surface area contributed by atoms with Gasteiger partial charge in [0, 0.05) is 31.4 Å². The summed E-state index contributed by atoms with van der Waals surface area (Å²) in [5, 5.41) is 15.9. The second kappa shape index (κ2) is 8.09. The molecule has 5 nitrogen and oxygen atoms in total. The zero-order chi connectivity index (χ0) is 17.6. The van der Waals surface area contributed by atoms with E-state index >= 15 is 0 Å². The minimum Gasteiger partial charge on any atom is -0.387 e. The molecule has 25 heavy (non-hydrogen) atoms. The lowest BCUT2D eigenvalue weighted by Crippen LogP contribution is -2.40. The molecule has 1 aliphatic heterocycles. The minimum absolute atomic E-state index is 0.0309. The van der Waals surface area contributed by atoms with Crippen LogP contribution in [0.3, 0.4) is 0 Å². The Labute approximate surface area is 146 Å². The minimum atomic E-state index is -0.534. The maximum absolute atomic E-state index is 12.9. The molecule has 0 radical (unpaired) electrons. The third kappa shape index (κ3) is 5.01. The number of carbonyl (C=O) groups excluding carboxylic acids is 1. The first-order valence-corrected chi connectivity index (χ1v) is 8.38. The molecule has 0 aliphatic carbocycles. The van der Waals surface area contributed by atoms with Crippen molar-refractivity contribution in [2.24, 2.45) is 0 Å². The number of benzene rings is 2. The molecule has 3 N–H and O–H groups in total. The number of aliphatic hydroxyl groups excluding tert-OH is 1. The number of nitrogens with zero attached hydrogens (tertiary/aromatic N) is 1. The molecule has 1 aliphatic rings. The predicted molar refractivity (Wildman–Crippen MR) is 94.8 cm³/mol. The molecule has 1 saturated heterocycles. The fourth-order valence-corrected chi connectivity index (χ4v) is 3.03. The SMILES string of the molecule is O=C(Nc1ccc(F)cc1)NC1CCN(CC(O)c2ccccc2)C1. The van der Waals surface area contributed by atoms with Crippen LogP contribution in [-0.4, -0.2) is 41.7 Å². The molecular formula is C19H22FN3O2. The summed E-state index contributed by atoms with van der Waals surface area (Å²) in [7, 11) is 0. The molecule has 2 atom stereocenters. The first-order chi connectivity index (χ1) is 12.1. The Morgan fingerprint density at radius 2 is 1.92 bits per heavy atom. The molecule has 2 amide bonds. The maximum Gasteiger partial charge on any atom is 0.319 e. The van der Waals surface area contributed by atoms with Crippen molar-refractivity contribution in [3.63, 3.8) is 0 Å².